The zero-order valence-corrected chi connectivity index (χ0v) is 12.3. The van der Waals surface area contributed by atoms with E-state index in [2.05, 4.69) is 0 Å². The number of hydrogen-bond acceptors (Lipinski definition) is 5. The van der Waals surface area contributed by atoms with Crippen molar-refractivity contribution in [2.24, 2.45) is 5.14 Å². The van der Waals surface area contributed by atoms with Crippen LogP contribution in [0.5, 0.6) is 11.5 Å². The number of anilines is 1. The van der Waals surface area contributed by atoms with Crippen molar-refractivity contribution in [3.63, 3.8) is 0 Å². The molecule has 1 atom stereocenters. The molecule has 0 radical (unpaired) electrons. The Hall–Kier alpha value is -1.87. The molecular formula is C12H15FN2O5S. The van der Waals surface area contributed by atoms with Crippen LogP contribution in [0.3, 0.4) is 0 Å². The summed E-state index contributed by atoms with van der Waals surface area (Å²) in [5.41, 5.74) is 0.145. The van der Waals surface area contributed by atoms with Crippen LogP contribution >= 0.6 is 0 Å². The molecule has 1 aromatic rings. The third-order valence-electron chi connectivity index (χ3n) is 3.30. The Bertz CT molecular complexity index is 676. The molecule has 1 aromatic carbocycles. The van der Waals surface area contributed by atoms with E-state index in [-0.39, 0.29) is 30.2 Å². The van der Waals surface area contributed by atoms with Gasteiger partial charge in [-0.2, -0.15) is 0 Å². The van der Waals surface area contributed by atoms with Gasteiger partial charge >= 0.3 is 0 Å². The number of rotatable bonds is 4. The van der Waals surface area contributed by atoms with Gasteiger partial charge in [0.1, 0.15) is 11.0 Å². The maximum Gasteiger partial charge on any atom is 0.228 e. The zero-order chi connectivity index (χ0) is 15.8. The lowest BCUT2D eigenvalue weighted by Gasteiger charge is -2.20. The first-order valence-electron chi connectivity index (χ1n) is 6.01. The van der Waals surface area contributed by atoms with Crippen LogP contribution in [0.4, 0.5) is 10.1 Å². The Balaban J connectivity index is 2.43. The van der Waals surface area contributed by atoms with Crippen molar-refractivity contribution >= 4 is 21.6 Å². The summed E-state index contributed by atoms with van der Waals surface area (Å²) in [6.45, 7) is -0.139. The lowest BCUT2D eigenvalue weighted by Crippen LogP contribution is -2.32. The number of carbonyl (C=O) groups is 1. The second-order valence-corrected chi connectivity index (χ2v) is 6.42. The number of methoxy groups -OCH3 is 2. The highest BCUT2D eigenvalue weighted by Crippen LogP contribution is 2.37. The van der Waals surface area contributed by atoms with Crippen molar-refractivity contribution < 1.29 is 27.1 Å². The van der Waals surface area contributed by atoms with Gasteiger partial charge in [-0.25, -0.2) is 17.9 Å². The van der Waals surface area contributed by atoms with Gasteiger partial charge in [0.05, 0.1) is 19.9 Å². The molecule has 1 aliphatic rings. The first kappa shape index (κ1) is 15.5. The minimum atomic E-state index is -3.84. The fraction of sp³-hybridized carbons (Fsp3) is 0.417. The minimum Gasteiger partial charge on any atom is -0.494 e. The third-order valence-corrected chi connectivity index (χ3v) is 4.54. The molecule has 2 N–H and O–H groups in total. The molecule has 0 spiro atoms. The molecule has 21 heavy (non-hydrogen) atoms. The number of nitrogens with two attached hydrogens (primary N) is 1. The third kappa shape index (κ3) is 2.93. The average molecular weight is 318 g/mol. The average Bonchev–Trinajstić information content (AvgIpc) is 2.80. The first-order valence-corrected chi connectivity index (χ1v) is 7.62. The number of primary sulfonamides is 1. The molecule has 0 saturated carbocycles. The number of hydrogen-bond donors (Lipinski definition) is 1. The molecule has 0 aromatic heterocycles. The monoisotopic (exact) mass is 318 g/mol. The highest BCUT2D eigenvalue weighted by atomic mass is 32.2. The number of ether oxygens (including phenoxy) is 2. The largest absolute Gasteiger partial charge is 0.494 e. The Kier molecular flexibility index (Phi) is 4.06. The van der Waals surface area contributed by atoms with E-state index in [9.17, 15) is 17.6 Å². The Labute approximate surface area is 121 Å². The summed E-state index contributed by atoms with van der Waals surface area (Å²) in [7, 11) is -1.18. The second kappa shape index (κ2) is 5.49. The summed E-state index contributed by atoms with van der Waals surface area (Å²) < 4.78 is 46.5. The van der Waals surface area contributed by atoms with Gasteiger partial charge in [-0.15, -0.1) is 0 Å². The molecule has 1 amide bonds. The predicted octanol–water partition coefficient (Wildman–Crippen LogP) is 0.237. The summed E-state index contributed by atoms with van der Waals surface area (Å²) in [5, 5.41) is 4.04. The highest BCUT2D eigenvalue weighted by Gasteiger charge is 2.38. The van der Waals surface area contributed by atoms with Crippen LogP contribution in [0, 0.1) is 5.82 Å². The number of nitrogens with zero attached hydrogens (tertiary/aromatic N) is 1. The number of benzene rings is 1. The standard InChI is InChI=1S/C12H15FN2O5S/c1-19-10-5-11(20-2)9(4-8(10)13)15-6-7(3-12(15)16)21(14,17)18/h4-5,7H,3,6H2,1-2H3,(H2,14,17,18). The maximum atomic E-state index is 13.8. The van der Waals surface area contributed by atoms with E-state index in [0.717, 1.165) is 11.0 Å². The van der Waals surface area contributed by atoms with E-state index >= 15 is 0 Å². The van der Waals surface area contributed by atoms with Gasteiger partial charge in [-0.05, 0) is 0 Å². The fourth-order valence-corrected chi connectivity index (χ4v) is 2.91. The van der Waals surface area contributed by atoms with E-state index < -0.39 is 27.0 Å². The fourth-order valence-electron chi connectivity index (χ4n) is 2.18. The second-order valence-electron chi connectivity index (χ2n) is 4.58. The molecule has 1 unspecified atom stereocenters. The minimum absolute atomic E-state index is 0.0368. The van der Waals surface area contributed by atoms with Crippen molar-refractivity contribution in [1.29, 1.82) is 0 Å². The molecule has 1 fully saturated rings. The van der Waals surface area contributed by atoms with Gasteiger partial charge in [0, 0.05) is 25.1 Å². The van der Waals surface area contributed by atoms with Crippen LogP contribution in [0.1, 0.15) is 6.42 Å². The molecular weight excluding hydrogens is 303 g/mol. The van der Waals surface area contributed by atoms with Gasteiger partial charge < -0.3 is 14.4 Å². The van der Waals surface area contributed by atoms with Crippen LogP contribution in [0.25, 0.3) is 0 Å². The van der Waals surface area contributed by atoms with Crippen molar-refractivity contribution in [1.82, 2.24) is 0 Å². The first-order chi connectivity index (χ1) is 9.77. The molecule has 1 saturated heterocycles. The Morgan fingerprint density at radius 2 is 1.90 bits per heavy atom. The van der Waals surface area contributed by atoms with E-state index in [4.69, 9.17) is 14.6 Å². The molecule has 2 rings (SSSR count). The van der Waals surface area contributed by atoms with Gasteiger partial charge in [-0.3, -0.25) is 4.79 Å². The number of amides is 1. The number of halogens is 1. The summed E-state index contributed by atoms with van der Waals surface area (Å²) in [5.74, 6) is -0.973. The topological polar surface area (TPSA) is 98.9 Å². The van der Waals surface area contributed by atoms with Crippen molar-refractivity contribution in [3.8, 4) is 11.5 Å². The van der Waals surface area contributed by atoms with Gasteiger partial charge in [-0.1, -0.05) is 0 Å². The lowest BCUT2D eigenvalue weighted by molar-refractivity contribution is -0.117. The normalized spacial score (nSPS) is 19.0. The summed E-state index contributed by atoms with van der Waals surface area (Å²) in [6.07, 6.45) is -0.240. The Morgan fingerprint density at radius 1 is 1.29 bits per heavy atom. The molecule has 1 heterocycles. The molecule has 9 heteroatoms. The summed E-state index contributed by atoms with van der Waals surface area (Å²) >= 11 is 0. The lowest BCUT2D eigenvalue weighted by atomic mass is 10.2. The molecule has 116 valence electrons. The maximum absolute atomic E-state index is 13.8. The molecule has 0 bridgehead atoms. The van der Waals surface area contributed by atoms with Gasteiger partial charge in [0.2, 0.25) is 15.9 Å². The molecule has 7 nitrogen and oxygen atoms in total. The van der Waals surface area contributed by atoms with Crippen LogP contribution in [0.15, 0.2) is 12.1 Å². The van der Waals surface area contributed by atoms with Crippen LogP contribution in [-0.4, -0.2) is 40.3 Å². The van der Waals surface area contributed by atoms with E-state index in [0.29, 0.717) is 0 Å². The van der Waals surface area contributed by atoms with Gasteiger partial charge in [0.25, 0.3) is 0 Å². The SMILES string of the molecule is COc1cc(OC)c(N2CC(S(N)(=O)=O)CC2=O)cc1F. The number of sulfonamides is 1. The zero-order valence-electron chi connectivity index (χ0n) is 11.5. The van der Waals surface area contributed by atoms with Crippen molar-refractivity contribution in [2.75, 3.05) is 25.7 Å². The molecule has 1 aliphatic heterocycles. The van der Waals surface area contributed by atoms with Gasteiger partial charge in [0.15, 0.2) is 11.6 Å². The quantitative estimate of drug-likeness (QED) is 0.857. The van der Waals surface area contributed by atoms with E-state index in [1.807, 2.05) is 0 Å². The number of carbonyl (C=O) groups excluding carboxylic acids is 1. The summed E-state index contributed by atoms with van der Waals surface area (Å²) in [4.78, 5) is 13.1. The molecule has 0 aliphatic carbocycles. The van der Waals surface area contributed by atoms with E-state index in [1.54, 1.807) is 0 Å². The predicted molar refractivity (Wildman–Crippen MR) is 73.4 cm³/mol. The summed E-state index contributed by atoms with van der Waals surface area (Å²) in [6, 6.07) is 2.36. The highest BCUT2D eigenvalue weighted by molar-refractivity contribution is 7.89. The van der Waals surface area contributed by atoms with Crippen molar-refractivity contribution in [3.05, 3.63) is 17.9 Å². The van der Waals surface area contributed by atoms with Crippen LogP contribution in [0.2, 0.25) is 0 Å². The van der Waals surface area contributed by atoms with Crippen LogP contribution < -0.4 is 19.5 Å². The Morgan fingerprint density at radius 3 is 2.38 bits per heavy atom. The van der Waals surface area contributed by atoms with Crippen molar-refractivity contribution in [2.45, 2.75) is 11.7 Å². The van der Waals surface area contributed by atoms with E-state index in [1.165, 1.54) is 20.3 Å². The smallest absolute Gasteiger partial charge is 0.228 e. The van der Waals surface area contributed by atoms with Crippen LogP contribution in [-0.2, 0) is 14.8 Å².